The van der Waals surface area contributed by atoms with Crippen molar-refractivity contribution in [3.63, 3.8) is 0 Å². The standard InChI is InChI=1S/C7H15N3O/c1-5-3-10(4-6(5)2)7(11)9-8/h5-6H,3-4,8H2,1-2H3,(H,9,11). The monoisotopic (exact) mass is 157 g/mol. The number of nitrogens with one attached hydrogen (secondary N) is 1. The lowest BCUT2D eigenvalue weighted by molar-refractivity contribution is 0.207. The second-order valence-electron chi connectivity index (χ2n) is 3.31. The van der Waals surface area contributed by atoms with Gasteiger partial charge in [-0.2, -0.15) is 0 Å². The van der Waals surface area contributed by atoms with E-state index in [2.05, 4.69) is 19.3 Å². The molecule has 1 heterocycles. The lowest BCUT2D eigenvalue weighted by Crippen LogP contribution is -2.42. The Labute approximate surface area is 66.7 Å². The van der Waals surface area contributed by atoms with Crippen molar-refractivity contribution in [3.8, 4) is 0 Å². The summed E-state index contributed by atoms with van der Waals surface area (Å²) in [6.07, 6.45) is 0. The van der Waals surface area contributed by atoms with E-state index in [1.165, 1.54) is 0 Å². The summed E-state index contributed by atoms with van der Waals surface area (Å²) < 4.78 is 0. The third kappa shape index (κ3) is 1.63. The first-order chi connectivity index (χ1) is 5.15. The second kappa shape index (κ2) is 3.09. The molecule has 2 amide bonds. The Morgan fingerprint density at radius 2 is 1.91 bits per heavy atom. The van der Waals surface area contributed by atoms with Crippen molar-refractivity contribution in [2.24, 2.45) is 17.7 Å². The molecule has 1 rings (SSSR count). The van der Waals surface area contributed by atoms with Gasteiger partial charge in [0.25, 0.3) is 0 Å². The molecule has 4 heteroatoms. The highest BCUT2D eigenvalue weighted by Gasteiger charge is 2.28. The summed E-state index contributed by atoms with van der Waals surface area (Å²) in [5.41, 5.74) is 2.13. The summed E-state index contributed by atoms with van der Waals surface area (Å²) in [5, 5.41) is 0. The maximum Gasteiger partial charge on any atom is 0.331 e. The lowest BCUT2D eigenvalue weighted by Gasteiger charge is -2.13. The fraction of sp³-hybridized carbons (Fsp3) is 0.857. The van der Waals surface area contributed by atoms with Crippen molar-refractivity contribution < 1.29 is 4.79 Å². The summed E-state index contributed by atoms with van der Waals surface area (Å²) >= 11 is 0. The normalized spacial score (nSPS) is 30.6. The maximum atomic E-state index is 11.0. The van der Waals surface area contributed by atoms with Crippen molar-refractivity contribution in [1.82, 2.24) is 10.3 Å². The topological polar surface area (TPSA) is 58.4 Å². The minimum atomic E-state index is -0.166. The molecule has 0 spiro atoms. The van der Waals surface area contributed by atoms with Crippen molar-refractivity contribution >= 4 is 6.03 Å². The summed E-state index contributed by atoms with van der Waals surface area (Å²) in [7, 11) is 0. The highest BCUT2D eigenvalue weighted by molar-refractivity contribution is 5.73. The van der Waals surface area contributed by atoms with E-state index in [1.807, 2.05) is 0 Å². The number of rotatable bonds is 0. The van der Waals surface area contributed by atoms with Crippen LogP contribution in [0, 0.1) is 11.8 Å². The molecule has 0 aromatic carbocycles. The molecule has 0 aromatic rings. The number of nitrogens with two attached hydrogens (primary N) is 1. The van der Waals surface area contributed by atoms with E-state index in [0.717, 1.165) is 13.1 Å². The smallest absolute Gasteiger partial charge is 0.323 e. The van der Waals surface area contributed by atoms with E-state index in [9.17, 15) is 4.79 Å². The van der Waals surface area contributed by atoms with Crippen LogP contribution in [0.5, 0.6) is 0 Å². The quantitative estimate of drug-likeness (QED) is 0.299. The van der Waals surface area contributed by atoms with Gasteiger partial charge in [0, 0.05) is 13.1 Å². The molecule has 0 aliphatic carbocycles. The molecule has 4 nitrogen and oxygen atoms in total. The molecule has 1 aliphatic heterocycles. The SMILES string of the molecule is CC1CN(C(=O)NN)CC1C. The zero-order valence-electron chi connectivity index (χ0n) is 7.00. The highest BCUT2D eigenvalue weighted by atomic mass is 16.2. The molecule has 0 radical (unpaired) electrons. The van der Waals surface area contributed by atoms with Crippen LogP contribution in [-0.2, 0) is 0 Å². The van der Waals surface area contributed by atoms with Crippen LogP contribution in [0.25, 0.3) is 0 Å². The fourth-order valence-electron chi connectivity index (χ4n) is 1.39. The molecule has 2 atom stereocenters. The number of urea groups is 1. The Bertz CT molecular complexity index is 150. The van der Waals surface area contributed by atoms with Gasteiger partial charge >= 0.3 is 6.03 Å². The van der Waals surface area contributed by atoms with Gasteiger partial charge in [-0.25, -0.2) is 10.6 Å². The van der Waals surface area contributed by atoms with Gasteiger partial charge in [0.1, 0.15) is 0 Å². The van der Waals surface area contributed by atoms with Gasteiger partial charge in [-0.3, -0.25) is 5.43 Å². The maximum absolute atomic E-state index is 11.0. The minimum Gasteiger partial charge on any atom is -0.323 e. The molecule has 1 saturated heterocycles. The predicted octanol–water partition coefficient (Wildman–Crippen LogP) is 0.157. The summed E-state index contributed by atoms with van der Waals surface area (Å²) in [5.74, 6) is 6.18. The number of amides is 2. The Morgan fingerprint density at radius 1 is 1.45 bits per heavy atom. The van der Waals surface area contributed by atoms with Gasteiger partial charge < -0.3 is 4.90 Å². The average Bonchev–Trinajstić information content (AvgIpc) is 2.31. The highest BCUT2D eigenvalue weighted by Crippen LogP contribution is 2.21. The van der Waals surface area contributed by atoms with Gasteiger partial charge in [-0.05, 0) is 11.8 Å². The average molecular weight is 157 g/mol. The number of hydrazine groups is 1. The van der Waals surface area contributed by atoms with Crippen molar-refractivity contribution in [1.29, 1.82) is 0 Å². The third-order valence-electron chi connectivity index (χ3n) is 2.40. The van der Waals surface area contributed by atoms with Crippen LogP contribution in [0.2, 0.25) is 0 Å². The molecule has 2 unspecified atom stereocenters. The van der Waals surface area contributed by atoms with Crippen LogP contribution in [0.1, 0.15) is 13.8 Å². The first kappa shape index (κ1) is 8.33. The van der Waals surface area contributed by atoms with E-state index < -0.39 is 0 Å². The van der Waals surface area contributed by atoms with E-state index in [0.29, 0.717) is 11.8 Å². The van der Waals surface area contributed by atoms with Crippen LogP contribution in [0.15, 0.2) is 0 Å². The molecular weight excluding hydrogens is 142 g/mol. The molecular formula is C7H15N3O. The molecule has 11 heavy (non-hydrogen) atoms. The number of carbonyl (C=O) groups is 1. The van der Waals surface area contributed by atoms with Crippen LogP contribution in [0.4, 0.5) is 4.79 Å². The number of carbonyl (C=O) groups excluding carboxylic acids is 1. The van der Waals surface area contributed by atoms with E-state index in [4.69, 9.17) is 5.84 Å². The zero-order valence-corrected chi connectivity index (χ0v) is 7.00. The molecule has 0 saturated carbocycles. The number of hydrogen-bond acceptors (Lipinski definition) is 2. The van der Waals surface area contributed by atoms with Crippen LogP contribution in [-0.4, -0.2) is 24.0 Å². The van der Waals surface area contributed by atoms with Gasteiger partial charge in [-0.15, -0.1) is 0 Å². The number of hydrogen-bond donors (Lipinski definition) is 2. The summed E-state index contributed by atoms with van der Waals surface area (Å²) in [4.78, 5) is 12.7. The first-order valence-corrected chi connectivity index (χ1v) is 3.90. The van der Waals surface area contributed by atoms with Crippen LogP contribution < -0.4 is 11.3 Å². The minimum absolute atomic E-state index is 0.166. The largest absolute Gasteiger partial charge is 0.331 e. The molecule has 64 valence electrons. The van der Waals surface area contributed by atoms with Crippen LogP contribution in [0.3, 0.4) is 0 Å². The molecule has 0 bridgehead atoms. The Morgan fingerprint density at radius 3 is 2.27 bits per heavy atom. The fourth-order valence-corrected chi connectivity index (χ4v) is 1.39. The summed E-state index contributed by atoms with van der Waals surface area (Å²) in [6.45, 7) is 5.94. The molecule has 1 aliphatic rings. The zero-order chi connectivity index (χ0) is 8.43. The third-order valence-corrected chi connectivity index (χ3v) is 2.40. The second-order valence-corrected chi connectivity index (χ2v) is 3.31. The Kier molecular flexibility index (Phi) is 2.34. The Hall–Kier alpha value is -0.770. The van der Waals surface area contributed by atoms with Gasteiger partial charge in [-0.1, -0.05) is 13.8 Å². The lowest BCUT2D eigenvalue weighted by atomic mass is 10.0. The van der Waals surface area contributed by atoms with Gasteiger partial charge in [0.2, 0.25) is 0 Å². The van der Waals surface area contributed by atoms with Gasteiger partial charge in [0.05, 0.1) is 0 Å². The Balaban J connectivity index is 2.46. The van der Waals surface area contributed by atoms with Crippen molar-refractivity contribution in [2.45, 2.75) is 13.8 Å². The summed E-state index contributed by atoms with van der Waals surface area (Å²) in [6, 6.07) is -0.166. The van der Waals surface area contributed by atoms with Crippen LogP contribution >= 0.6 is 0 Å². The number of nitrogens with zero attached hydrogens (tertiary/aromatic N) is 1. The first-order valence-electron chi connectivity index (χ1n) is 3.90. The predicted molar refractivity (Wildman–Crippen MR) is 42.6 cm³/mol. The van der Waals surface area contributed by atoms with Crippen molar-refractivity contribution in [3.05, 3.63) is 0 Å². The number of likely N-dealkylation sites (tertiary alicyclic amines) is 1. The van der Waals surface area contributed by atoms with E-state index >= 15 is 0 Å². The molecule has 0 aromatic heterocycles. The molecule has 3 N–H and O–H groups in total. The van der Waals surface area contributed by atoms with Gasteiger partial charge in [0.15, 0.2) is 0 Å². The van der Waals surface area contributed by atoms with Crippen molar-refractivity contribution in [2.75, 3.05) is 13.1 Å². The van der Waals surface area contributed by atoms with E-state index in [-0.39, 0.29) is 6.03 Å². The van der Waals surface area contributed by atoms with E-state index in [1.54, 1.807) is 4.90 Å². The molecule has 1 fully saturated rings.